The smallest absolute Gasteiger partial charge is 0.272 e. The van der Waals surface area contributed by atoms with Crippen molar-refractivity contribution < 1.29 is 4.79 Å². The van der Waals surface area contributed by atoms with E-state index in [1.54, 1.807) is 17.2 Å². The monoisotopic (exact) mass is 190 g/mol. The van der Waals surface area contributed by atoms with Crippen LogP contribution in [0, 0.1) is 5.92 Å². The normalized spacial score (nSPS) is 15.2. The molecule has 3 nitrogen and oxygen atoms in total. The fraction of sp³-hybridized carbons (Fsp3) is 0.455. The summed E-state index contributed by atoms with van der Waals surface area (Å²) in [4.78, 5) is 17.6. The van der Waals surface area contributed by atoms with Crippen LogP contribution in [0.5, 0.6) is 0 Å². The molecule has 1 aliphatic carbocycles. The highest BCUT2D eigenvalue weighted by Gasteiger charge is 2.25. The van der Waals surface area contributed by atoms with Crippen LogP contribution in [0.15, 0.2) is 24.4 Å². The van der Waals surface area contributed by atoms with E-state index in [4.69, 9.17) is 0 Å². The van der Waals surface area contributed by atoms with Crippen molar-refractivity contribution in [3.8, 4) is 0 Å². The van der Waals surface area contributed by atoms with E-state index >= 15 is 0 Å². The van der Waals surface area contributed by atoms with E-state index in [9.17, 15) is 4.79 Å². The molecule has 0 aromatic carbocycles. The fourth-order valence-corrected chi connectivity index (χ4v) is 1.46. The number of hydrogen-bond donors (Lipinski definition) is 0. The first-order valence-electron chi connectivity index (χ1n) is 4.94. The Hall–Kier alpha value is -1.38. The molecule has 74 valence electrons. The predicted octanol–water partition coefficient (Wildman–Crippen LogP) is 1.56. The maximum atomic E-state index is 11.8. The first-order chi connectivity index (χ1) is 6.77. The van der Waals surface area contributed by atoms with Crippen LogP contribution in [-0.2, 0) is 0 Å². The van der Waals surface area contributed by atoms with Crippen molar-refractivity contribution in [2.24, 2.45) is 5.92 Å². The molecule has 3 heteroatoms. The second-order valence-corrected chi connectivity index (χ2v) is 3.84. The van der Waals surface area contributed by atoms with Gasteiger partial charge >= 0.3 is 0 Å². The molecule has 1 aromatic rings. The Morgan fingerprint density at radius 3 is 2.93 bits per heavy atom. The SMILES string of the molecule is CN(CC1CC1)C(=O)c1ccccn1. The number of hydrogen-bond acceptors (Lipinski definition) is 2. The summed E-state index contributed by atoms with van der Waals surface area (Å²) in [7, 11) is 1.84. The highest BCUT2D eigenvalue weighted by molar-refractivity contribution is 5.92. The lowest BCUT2D eigenvalue weighted by molar-refractivity contribution is 0.0783. The zero-order valence-electron chi connectivity index (χ0n) is 8.31. The summed E-state index contributed by atoms with van der Waals surface area (Å²) in [6.45, 7) is 0.870. The largest absolute Gasteiger partial charge is 0.340 e. The molecular formula is C11H14N2O. The minimum atomic E-state index is 0.0255. The molecule has 1 amide bonds. The maximum absolute atomic E-state index is 11.8. The lowest BCUT2D eigenvalue weighted by Crippen LogP contribution is -2.29. The molecule has 0 spiro atoms. The Bertz CT molecular complexity index is 319. The van der Waals surface area contributed by atoms with Crippen LogP contribution >= 0.6 is 0 Å². The van der Waals surface area contributed by atoms with Crippen molar-refractivity contribution >= 4 is 5.91 Å². The quantitative estimate of drug-likeness (QED) is 0.724. The molecule has 1 aromatic heterocycles. The van der Waals surface area contributed by atoms with Crippen LogP contribution in [0.3, 0.4) is 0 Å². The van der Waals surface area contributed by atoms with Gasteiger partial charge in [0.05, 0.1) is 0 Å². The van der Waals surface area contributed by atoms with E-state index in [0.29, 0.717) is 5.69 Å². The van der Waals surface area contributed by atoms with Crippen LogP contribution in [0.4, 0.5) is 0 Å². The zero-order valence-corrected chi connectivity index (χ0v) is 8.31. The van der Waals surface area contributed by atoms with Gasteiger partial charge < -0.3 is 4.90 Å². The van der Waals surface area contributed by atoms with E-state index in [1.807, 2.05) is 19.2 Å². The van der Waals surface area contributed by atoms with Gasteiger partial charge in [-0.25, -0.2) is 0 Å². The van der Waals surface area contributed by atoms with Gasteiger partial charge in [0.1, 0.15) is 5.69 Å². The number of pyridine rings is 1. The molecule has 1 heterocycles. The maximum Gasteiger partial charge on any atom is 0.272 e. The number of aromatic nitrogens is 1. The third-order valence-electron chi connectivity index (χ3n) is 2.46. The molecule has 0 aliphatic heterocycles. The molecular weight excluding hydrogens is 176 g/mol. The van der Waals surface area contributed by atoms with Crippen molar-refractivity contribution in [1.29, 1.82) is 0 Å². The summed E-state index contributed by atoms with van der Waals surface area (Å²) < 4.78 is 0. The van der Waals surface area contributed by atoms with Crippen LogP contribution < -0.4 is 0 Å². The first kappa shape index (κ1) is 9.19. The minimum absolute atomic E-state index is 0.0255. The number of amides is 1. The Balaban J connectivity index is 1.99. The van der Waals surface area contributed by atoms with E-state index < -0.39 is 0 Å². The molecule has 14 heavy (non-hydrogen) atoms. The topological polar surface area (TPSA) is 33.2 Å². The number of rotatable bonds is 3. The Kier molecular flexibility index (Phi) is 2.48. The Labute approximate surface area is 83.8 Å². The molecule has 0 bridgehead atoms. The van der Waals surface area contributed by atoms with Gasteiger partial charge in [-0.3, -0.25) is 9.78 Å². The number of carbonyl (C=O) groups is 1. The van der Waals surface area contributed by atoms with Crippen LogP contribution in [-0.4, -0.2) is 29.4 Å². The minimum Gasteiger partial charge on any atom is -0.340 e. The summed E-state index contributed by atoms with van der Waals surface area (Å²) in [5.74, 6) is 0.755. The van der Waals surface area contributed by atoms with Crippen LogP contribution in [0.25, 0.3) is 0 Å². The van der Waals surface area contributed by atoms with Crippen molar-refractivity contribution in [2.75, 3.05) is 13.6 Å². The molecule has 1 fully saturated rings. The summed E-state index contributed by atoms with van der Waals surface area (Å²) in [6.07, 6.45) is 4.18. The molecule has 0 radical (unpaired) electrons. The summed E-state index contributed by atoms with van der Waals surface area (Å²) in [5, 5.41) is 0. The summed E-state index contributed by atoms with van der Waals surface area (Å²) in [5.41, 5.74) is 0.538. The molecule has 0 N–H and O–H groups in total. The lowest BCUT2D eigenvalue weighted by atomic mass is 10.3. The van der Waals surface area contributed by atoms with Gasteiger partial charge in [0.2, 0.25) is 0 Å². The molecule has 0 unspecified atom stereocenters. The highest BCUT2D eigenvalue weighted by Crippen LogP contribution is 2.29. The molecule has 1 saturated carbocycles. The van der Waals surface area contributed by atoms with E-state index in [0.717, 1.165) is 12.5 Å². The zero-order chi connectivity index (χ0) is 9.97. The van der Waals surface area contributed by atoms with Crippen LogP contribution in [0.1, 0.15) is 23.3 Å². The average Bonchev–Trinajstić information content (AvgIpc) is 3.02. The second kappa shape index (κ2) is 3.78. The van der Waals surface area contributed by atoms with Crippen molar-refractivity contribution in [2.45, 2.75) is 12.8 Å². The molecule has 0 saturated heterocycles. The second-order valence-electron chi connectivity index (χ2n) is 3.84. The molecule has 1 aliphatic rings. The number of nitrogens with zero attached hydrogens (tertiary/aromatic N) is 2. The van der Waals surface area contributed by atoms with Gasteiger partial charge in [-0.1, -0.05) is 6.07 Å². The van der Waals surface area contributed by atoms with E-state index in [1.165, 1.54) is 12.8 Å². The first-order valence-corrected chi connectivity index (χ1v) is 4.94. The van der Waals surface area contributed by atoms with Gasteiger partial charge in [-0.15, -0.1) is 0 Å². The molecule has 2 rings (SSSR count). The summed E-state index contributed by atoms with van der Waals surface area (Å²) >= 11 is 0. The van der Waals surface area contributed by atoms with Crippen molar-refractivity contribution in [3.63, 3.8) is 0 Å². The number of carbonyl (C=O) groups excluding carboxylic acids is 1. The third-order valence-corrected chi connectivity index (χ3v) is 2.46. The Morgan fingerprint density at radius 1 is 1.57 bits per heavy atom. The van der Waals surface area contributed by atoms with Gasteiger partial charge in [0.25, 0.3) is 5.91 Å². The van der Waals surface area contributed by atoms with Gasteiger partial charge in [-0.05, 0) is 30.9 Å². The van der Waals surface area contributed by atoms with Gasteiger partial charge in [0, 0.05) is 19.8 Å². The molecule has 0 atom stereocenters. The van der Waals surface area contributed by atoms with Gasteiger partial charge in [0.15, 0.2) is 0 Å². The van der Waals surface area contributed by atoms with E-state index in [-0.39, 0.29) is 5.91 Å². The van der Waals surface area contributed by atoms with E-state index in [2.05, 4.69) is 4.98 Å². The highest BCUT2D eigenvalue weighted by atomic mass is 16.2. The third kappa shape index (κ3) is 2.10. The average molecular weight is 190 g/mol. The predicted molar refractivity (Wildman–Crippen MR) is 53.9 cm³/mol. The van der Waals surface area contributed by atoms with Gasteiger partial charge in [-0.2, -0.15) is 0 Å². The van der Waals surface area contributed by atoms with Crippen LogP contribution in [0.2, 0.25) is 0 Å². The fourth-order valence-electron chi connectivity index (χ4n) is 1.46. The standard InChI is InChI=1S/C11H14N2O/c1-13(8-9-5-6-9)11(14)10-4-2-3-7-12-10/h2-4,7,9H,5-6,8H2,1H3. The van der Waals surface area contributed by atoms with Crippen molar-refractivity contribution in [1.82, 2.24) is 9.88 Å². The van der Waals surface area contributed by atoms with Crippen molar-refractivity contribution in [3.05, 3.63) is 30.1 Å². The lowest BCUT2D eigenvalue weighted by Gasteiger charge is -2.15. The Morgan fingerprint density at radius 2 is 2.36 bits per heavy atom. The summed E-state index contributed by atoms with van der Waals surface area (Å²) in [6, 6.07) is 5.41.